The average Bonchev–Trinajstić information content (AvgIpc) is 2.22. The van der Waals surface area contributed by atoms with Crippen molar-refractivity contribution in [3.63, 3.8) is 0 Å². The predicted molar refractivity (Wildman–Crippen MR) is 59.4 cm³/mol. The number of esters is 1. The number of nitrogens with zero attached hydrogens (tertiary/aromatic N) is 1. The fourth-order valence-electron chi connectivity index (χ4n) is 1.68. The molecule has 4 nitrogen and oxygen atoms in total. The summed E-state index contributed by atoms with van der Waals surface area (Å²) >= 11 is 0. The van der Waals surface area contributed by atoms with E-state index in [-0.39, 0.29) is 5.97 Å². The normalized spacial score (nSPS) is 18.8. The largest absolute Gasteiger partial charge is 0.463 e. The van der Waals surface area contributed by atoms with Gasteiger partial charge in [-0.05, 0) is 32.9 Å². The van der Waals surface area contributed by atoms with E-state index >= 15 is 0 Å². The number of carbonyl (C=O) groups is 1. The highest BCUT2D eigenvalue weighted by atomic mass is 16.5. The highest BCUT2D eigenvalue weighted by Crippen LogP contribution is 2.10. The van der Waals surface area contributed by atoms with Gasteiger partial charge in [0.1, 0.15) is 0 Å². The number of nitrogens with two attached hydrogens (primary N) is 1. The molecule has 2 N–H and O–H groups in total. The maximum Gasteiger partial charge on any atom is 0.334 e. The van der Waals surface area contributed by atoms with Gasteiger partial charge >= 0.3 is 5.97 Å². The van der Waals surface area contributed by atoms with Crippen molar-refractivity contribution < 1.29 is 9.53 Å². The van der Waals surface area contributed by atoms with Crippen molar-refractivity contribution in [2.45, 2.75) is 25.8 Å². The Kier molecular flexibility index (Phi) is 4.78. The Morgan fingerprint density at radius 3 is 2.67 bits per heavy atom. The van der Waals surface area contributed by atoms with Gasteiger partial charge in [-0.25, -0.2) is 4.79 Å². The van der Waals surface area contributed by atoms with E-state index < -0.39 is 0 Å². The maximum absolute atomic E-state index is 11.3. The lowest BCUT2D eigenvalue weighted by molar-refractivity contribution is -0.138. The summed E-state index contributed by atoms with van der Waals surface area (Å²) in [6.45, 7) is 8.43. The van der Waals surface area contributed by atoms with Gasteiger partial charge in [0.05, 0.1) is 6.61 Å². The lowest BCUT2D eigenvalue weighted by Gasteiger charge is -2.30. The van der Waals surface area contributed by atoms with Crippen molar-refractivity contribution in [2.75, 3.05) is 26.2 Å². The van der Waals surface area contributed by atoms with Gasteiger partial charge in [0.15, 0.2) is 0 Å². The van der Waals surface area contributed by atoms with E-state index in [4.69, 9.17) is 10.5 Å². The van der Waals surface area contributed by atoms with Crippen LogP contribution in [0.5, 0.6) is 0 Å². The highest BCUT2D eigenvalue weighted by Gasteiger charge is 2.18. The molecule has 0 bridgehead atoms. The topological polar surface area (TPSA) is 55.6 Å². The zero-order valence-electron chi connectivity index (χ0n) is 9.37. The van der Waals surface area contributed by atoms with E-state index in [1.54, 1.807) is 6.92 Å². The van der Waals surface area contributed by atoms with E-state index in [0.717, 1.165) is 25.9 Å². The first-order valence-electron chi connectivity index (χ1n) is 5.46. The van der Waals surface area contributed by atoms with Crippen molar-refractivity contribution in [3.05, 3.63) is 12.2 Å². The third kappa shape index (κ3) is 4.01. The molecule has 0 atom stereocenters. The van der Waals surface area contributed by atoms with E-state index in [9.17, 15) is 4.79 Å². The summed E-state index contributed by atoms with van der Waals surface area (Å²) in [4.78, 5) is 13.5. The molecule has 0 unspecified atom stereocenters. The van der Waals surface area contributed by atoms with Crippen LogP contribution in [0, 0.1) is 0 Å². The van der Waals surface area contributed by atoms with Crippen LogP contribution in [-0.4, -0.2) is 43.2 Å². The van der Waals surface area contributed by atoms with Crippen LogP contribution < -0.4 is 5.73 Å². The number of likely N-dealkylation sites (tertiary alicyclic amines) is 1. The highest BCUT2D eigenvalue weighted by molar-refractivity contribution is 5.88. The predicted octanol–water partition coefficient (Wildman–Crippen LogP) is 0.529. The second kappa shape index (κ2) is 5.88. The Balaban J connectivity index is 2.29. The summed E-state index contributed by atoms with van der Waals surface area (Å²) in [5, 5.41) is 0. The summed E-state index contributed by atoms with van der Waals surface area (Å²) < 4.78 is 4.88. The molecule has 0 aromatic rings. The molecule has 0 spiro atoms. The number of rotatable bonds is 4. The second-order valence-electron chi connectivity index (χ2n) is 3.94. The van der Waals surface area contributed by atoms with Gasteiger partial charge in [0.25, 0.3) is 0 Å². The van der Waals surface area contributed by atoms with Crippen molar-refractivity contribution in [1.29, 1.82) is 0 Å². The fourth-order valence-corrected chi connectivity index (χ4v) is 1.68. The molecule has 0 aromatic carbocycles. The minimum absolute atomic E-state index is 0.285. The Hall–Kier alpha value is -0.870. The fraction of sp³-hybridized carbons (Fsp3) is 0.727. The third-order valence-electron chi connectivity index (χ3n) is 2.61. The molecule has 15 heavy (non-hydrogen) atoms. The van der Waals surface area contributed by atoms with Crippen LogP contribution in [0.15, 0.2) is 12.2 Å². The van der Waals surface area contributed by atoms with Crippen molar-refractivity contribution >= 4 is 5.97 Å². The first kappa shape index (κ1) is 12.2. The zero-order valence-corrected chi connectivity index (χ0v) is 9.37. The molecule has 4 heteroatoms. The van der Waals surface area contributed by atoms with Gasteiger partial charge < -0.3 is 10.5 Å². The van der Waals surface area contributed by atoms with Crippen molar-refractivity contribution in [3.8, 4) is 0 Å². The standard InChI is InChI=1S/C11H20N2O2/c1-3-15-11(14)9(2)8-13-6-4-10(12)5-7-13/h10H,2-8,12H2,1H3. The minimum Gasteiger partial charge on any atom is -0.463 e. The summed E-state index contributed by atoms with van der Waals surface area (Å²) in [6.07, 6.45) is 1.99. The zero-order chi connectivity index (χ0) is 11.3. The Morgan fingerprint density at radius 2 is 2.13 bits per heavy atom. The molecule has 1 heterocycles. The summed E-state index contributed by atoms with van der Waals surface area (Å²) in [5.41, 5.74) is 6.33. The molecule has 1 rings (SSSR count). The van der Waals surface area contributed by atoms with Gasteiger partial charge in [0, 0.05) is 18.2 Å². The van der Waals surface area contributed by atoms with E-state index in [1.807, 2.05) is 0 Å². The van der Waals surface area contributed by atoms with Gasteiger partial charge in [-0.15, -0.1) is 0 Å². The SMILES string of the molecule is C=C(CN1CCC(N)CC1)C(=O)OCC. The molecule has 1 saturated heterocycles. The molecule has 1 fully saturated rings. The molecule has 0 saturated carbocycles. The van der Waals surface area contributed by atoms with Gasteiger partial charge in [-0.3, -0.25) is 4.90 Å². The van der Waals surface area contributed by atoms with E-state index in [2.05, 4.69) is 11.5 Å². The molecular weight excluding hydrogens is 192 g/mol. The molecule has 0 aliphatic carbocycles. The van der Waals surface area contributed by atoms with Crippen LogP contribution in [0.4, 0.5) is 0 Å². The Morgan fingerprint density at radius 1 is 1.53 bits per heavy atom. The van der Waals surface area contributed by atoms with Gasteiger partial charge in [-0.1, -0.05) is 6.58 Å². The monoisotopic (exact) mass is 212 g/mol. The van der Waals surface area contributed by atoms with Crippen LogP contribution in [0.3, 0.4) is 0 Å². The summed E-state index contributed by atoms with van der Waals surface area (Å²) in [6, 6.07) is 0.317. The second-order valence-corrected chi connectivity index (χ2v) is 3.94. The van der Waals surface area contributed by atoms with Crippen LogP contribution >= 0.6 is 0 Å². The molecule has 0 radical (unpaired) electrons. The lowest BCUT2D eigenvalue weighted by atomic mass is 10.1. The molecule has 0 amide bonds. The van der Waals surface area contributed by atoms with E-state index in [0.29, 0.717) is 24.8 Å². The van der Waals surface area contributed by atoms with Gasteiger partial charge in [-0.2, -0.15) is 0 Å². The molecule has 0 aromatic heterocycles. The molecule has 1 aliphatic heterocycles. The third-order valence-corrected chi connectivity index (χ3v) is 2.61. The van der Waals surface area contributed by atoms with Crippen LogP contribution in [0.25, 0.3) is 0 Å². The van der Waals surface area contributed by atoms with E-state index in [1.165, 1.54) is 0 Å². The Labute approximate surface area is 91.1 Å². The Bertz CT molecular complexity index is 233. The first-order chi connectivity index (χ1) is 7.13. The molecule has 86 valence electrons. The van der Waals surface area contributed by atoms with Crippen LogP contribution in [-0.2, 0) is 9.53 Å². The molecule has 1 aliphatic rings. The van der Waals surface area contributed by atoms with Crippen molar-refractivity contribution in [2.24, 2.45) is 5.73 Å². The number of piperidine rings is 1. The van der Waals surface area contributed by atoms with Gasteiger partial charge in [0.2, 0.25) is 0 Å². The number of ether oxygens (including phenoxy) is 1. The van der Waals surface area contributed by atoms with Crippen LogP contribution in [0.1, 0.15) is 19.8 Å². The first-order valence-corrected chi connectivity index (χ1v) is 5.46. The lowest BCUT2D eigenvalue weighted by Crippen LogP contribution is -2.41. The smallest absolute Gasteiger partial charge is 0.334 e. The quantitative estimate of drug-likeness (QED) is 0.545. The van der Waals surface area contributed by atoms with Crippen LogP contribution in [0.2, 0.25) is 0 Å². The number of hydrogen-bond acceptors (Lipinski definition) is 4. The van der Waals surface area contributed by atoms with Crippen molar-refractivity contribution in [1.82, 2.24) is 4.90 Å². The average molecular weight is 212 g/mol. The summed E-state index contributed by atoms with van der Waals surface area (Å²) in [5.74, 6) is -0.285. The minimum atomic E-state index is -0.285. The summed E-state index contributed by atoms with van der Waals surface area (Å²) in [7, 11) is 0. The number of hydrogen-bond donors (Lipinski definition) is 1. The number of carbonyl (C=O) groups excluding carboxylic acids is 1. The molecular formula is C11H20N2O2. The maximum atomic E-state index is 11.3.